The maximum atomic E-state index is 12.9. The van der Waals surface area contributed by atoms with Crippen LogP contribution in [-0.4, -0.2) is 59.7 Å². The molecule has 1 amide bonds. The van der Waals surface area contributed by atoms with Crippen LogP contribution in [-0.2, 0) is 4.74 Å². The van der Waals surface area contributed by atoms with Crippen LogP contribution in [0.5, 0.6) is 0 Å². The summed E-state index contributed by atoms with van der Waals surface area (Å²) in [5.41, 5.74) is 0.661. The number of carbonyl (C=O) groups excluding carboxylic acids is 1. The molecule has 2 fully saturated rings. The average Bonchev–Trinajstić information content (AvgIpc) is 2.87. The maximum Gasteiger partial charge on any atom is 0.257 e. The number of fused-ring (bicyclic) bond motifs is 1. The van der Waals surface area contributed by atoms with Crippen LogP contribution in [0, 0.1) is 19.8 Å². The van der Waals surface area contributed by atoms with Crippen LogP contribution in [0.15, 0.2) is 28.9 Å². The normalized spacial score (nSPS) is 23.5. The van der Waals surface area contributed by atoms with Gasteiger partial charge in [-0.25, -0.2) is 9.97 Å². The first-order valence-electron chi connectivity index (χ1n) is 9.11. The second-order valence-corrected chi connectivity index (χ2v) is 7.03. The summed E-state index contributed by atoms with van der Waals surface area (Å²) in [7, 11) is 0. The second kappa shape index (κ2) is 7.07. The highest BCUT2D eigenvalue weighted by atomic mass is 16.5. The van der Waals surface area contributed by atoms with Crippen LogP contribution in [0.3, 0.4) is 0 Å². The third-order valence-corrected chi connectivity index (χ3v) is 5.24. The van der Waals surface area contributed by atoms with Gasteiger partial charge in [-0.1, -0.05) is 0 Å². The van der Waals surface area contributed by atoms with E-state index in [1.165, 1.54) is 0 Å². The van der Waals surface area contributed by atoms with Crippen molar-refractivity contribution < 1.29 is 13.9 Å². The largest absolute Gasteiger partial charge is 0.466 e. The number of likely N-dealkylation sites (tertiary alicyclic amines) is 1. The van der Waals surface area contributed by atoms with E-state index >= 15 is 0 Å². The fraction of sp³-hybridized carbons (Fsp3) is 0.526. The molecule has 0 radical (unpaired) electrons. The molecule has 0 spiro atoms. The molecular weight excluding hydrogens is 332 g/mol. The summed E-state index contributed by atoms with van der Waals surface area (Å²) in [6.07, 6.45) is 4.49. The average molecular weight is 356 g/mol. The molecule has 2 saturated heterocycles. The summed E-state index contributed by atoms with van der Waals surface area (Å²) in [5, 5.41) is 0. The van der Waals surface area contributed by atoms with Gasteiger partial charge in [-0.05, 0) is 32.4 Å². The van der Waals surface area contributed by atoms with E-state index < -0.39 is 0 Å². The third kappa shape index (κ3) is 3.31. The summed E-state index contributed by atoms with van der Waals surface area (Å²) in [6, 6.07) is 3.65. The van der Waals surface area contributed by atoms with Gasteiger partial charge >= 0.3 is 0 Å². The molecule has 26 heavy (non-hydrogen) atoms. The molecule has 7 nitrogen and oxygen atoms in total. The highest BCUT2D eigenvalue weighted by molar-refractivity contribution is 5.95. The molecule has 4 rings (SSSR count). The van der Waals surface area contributed by atoms with Crippen molar-refractivity contribution in [2.45, 2.75) is 26.4 Å². The molecule has 2 aliphatic rings. The van der Waals surface area contributed by atoms with Gasteiger partial charge in [0.2, 0.25) is 5.95 Å². The minimum atomic E-state index is 0.0360. The molecule has 7 heteroatoms. The summed E-state index contributed by atoms with van der Waals surface area (Å²) in [5.74, 6) is 2.61. The molecule has 138 valence electrons. The van der Waals surface area contributed by atoms with Crippen molar-refractivity contribution in [3.63, 3.8) is 0 Å². The van der Waals surface area contributed by atoms with Crippen molar-refractivity contribution in [2.24, 2.45) is 5.92 Å². The first kappa shape index (κ1) is 17.0. The quantitative estimate of drug-likeness (QED) is 0.820. The molecular formula is C19H24N4O3. The van der Waals surface area contributed by atoms with Gasteiger partial charge in [0.1, 0.15) is 11.5 Å². The Balaban J connectivity index is 1.45. The lowest BCUT2D eigenvalue weighted by molar-refractivity contribution is -0.0169. The lowest BCUT2D eigenvalue weighted by Gasteiger charge is -2.37. The molecule has 4 heterocycles. The number of amides is 1. The minimum Gasteiger partial charge on any atom is -0.466 e. The van der Waals surface area contributed by atoms with Crippen molar-refractivity contribution >= 4 is 11.9 Å². The van der Waals surface area contributed by atoms with Crippen LogP contribution in [0.25, 0.3) is 0 Å². The van der Waals surface area contributed by atoms with Gasteiger partial charge in [-0.2, -0.15) is 0 Å². The van der Waals surface area contributed by atoms with Crippen LogP contribution in [0.4, 0.5) is 5.95 Å². The van der Waals surface area contributed by atoms with E-state index in [2.05, 4.69) is 14.9 Å². The standard InChI is InChI=1S/C19H24N4O3/c1-13-10-16(14(2)26-13)18(24)22-7-4-15-11-23(8-9-25-17(15)12-22)19-20-5-3-6-21-19/h3,5-6,10,15,17H,4,7-9,11-12H2,1-2H3/t15-,17+/m1/s1. The van der Waals surface area contributed by atoms with E-state index in [-0.39, 0.29) is 12.0 Å². The molecule has 0 aromatic carbocycles. The van der Waals surface area contributed by atoms with Gasteiger partial charge in [-0.15, -0.1) is 0 Å². The minimum absolute atomic E-state index is 0.0360. The molecule has 2 aliphatic heterocycles. The number of rotatable bonds is 2. The lowest BCUT2D eigenvalue weighted by atomic mass is 9.93. The number of hydrogen-bond acceptors (Lipinski definition) is 6. The van der Waals surface area contributed by atoms with Gasteiger partial charge in [-0.3, -0.25) is 4.79 Å². The molecule has 2 atom stereocenters. The van der Waals surface area contributed by atoms with E-state index in [0.29, 0.717) is 30.4 Å². The topological polar surface area (TPSA) is 71.7 Å². The Bertz CT molecular complexity index is 776. The van der Waals surface area contributed by atoms with Crippen molar-refractivity contribution in [1.82, 2.24) is 14.9 Å². The van der Waals surface area contributed by atoms with Crippen molar-refractivity contribution in [2.75, 3.05) is 37.7 Å². The molecule has 2 aromatic rings. The van der Waals surface area contributed by atoms with E-state index in [0.717, 1.165) is 37.8 Å². The Hall–Kier alpha value is -2.41. The summed E-state index contributed by atoms with van der Waals surface area (Å²) in [6.45, 7) is 7.31. The van der Waals surface area contributed by atoms with E-state index in [1.807, 2.05) is 30.9 Å². The van der Waals surface area contributed by atoms with E-state index in [4.69, 9.17) is 9.15 Å². The number of furan rings is 1. The van der Waals surface area contributed by atoms with Crippen LogP contribution >= 0.6 is 0 Å². The van der Waals surface area contributed by atoms with Gasteiger partial charge in [0.15, 0.2) is 0 Å². The zero-order valence-electron chi connectivity index (χ0n) is 15.2. The number of nitrogens with zero attached hydrogens (tertiary/aromatic N) is 4. The van der Waals surface area contributed by atoms with Crippen molar-refractivity contribution in [3.8, 4) is 0 Å². The van der Waals surface area contributed by atoms with Crippen molar-refractivity contribution in [3.05, 3.63) is 41.6 Å². The van der Waals surface area contributed by atoms with Gasteiger partial charge in [0, 0.05) is 44.5 Å². The Morgan fingerprint density at radius 2 is 2.00 bits per heavy atom. The van der Waals surface area contributed by atoms with Gasteiger partial charge in [0.25, 0.3) is 5.91 Å². The van der Waals surface area contributed by atoms with Crippen LogP contribution < -0.4 is 4.90 Å². The maximum absolute atomic E-state index is 12.9. The summed E-state index contributed by atoms with van der Waals surface area (Å²) >= 11 is 0. The van der Waals surface area contributed by atoms with Crippen LogP contribution in [0.1, 0.15) is 28.3 Å². The highest BCUT2D eigenvalue weighted by Crippen LogP contribution is 2.27. The molecule has 0 aliphatic carbocycles. The lowest BCUT2D eigenvalue weighted by Crippen LogP contribution is -2.49. The summed E-state index contributed by atoms with van der Waals surface area (Å²) in [4.78, 5) is 25.7. The molecule has 2 aromatic heterocycles. The SMILES string of the molecule is Cc1cc(C(=O)N2CC[C@@H]3CN(c4ncccn4)CCO[C@H]3C2)c(C)o1. The molecule has 0 saturated carbocycles. The number of piperidine rings is 1. The highest BCUT2D eigenvalue weighted by Gasteiger charge is 2.36. The van der Waals surface area contributed by atoms with Crippen molar-refractivity contribution in [1.29, 1.82) is 0 Å². The van der Waals surface area contributed by atoms with Gasteiger partial charge < -0.3 is 19.0 Å². The number of aryl methyl sites for hydroxylation is 2. The predicted molar refractivity (Wildman–Crippen MR) is 96.2 cm³/mol. The Morgan fingerprint density at radius 1 is 1.19 bits per heavy atom. The Kier molecular flexibility index (Phi) is 4.63. The Labute approximate surface area is 153 Å². The third-order valence-electron chi connectivity index (χ3n) is 5.24. The fourth-order valence-corrected chi connectivity index (χ4v) is 3.89. The molecule has 0 N–H and O–H groups in total. The molecule has 0 bridgehead atoms. The number of ether oxygens (including phenoxy) is 1. The van der Waals surface area contributed by atoms with Crippen LogP contribution in [0.2, 0.25) is 0 Å². The zero-order chi connectivity index (χ0) is 18.1. The number of carbonyl (C=O) groups is 1. The zero-order valence-corrected chi connectivity index (χ0v) is 15.2. The molecule has 0 unspecified atom stereocenters. The fourth-order valence-electron chi connectivity index (χ4n) is 3.89. The summed E-state index contributed by atoms with van der Waals surface area (Å²) < 4.78 is 11.6. The van der Waals surface area contributed by atoms with E-state index in [9.17, 15) is 4.79 Å². The number of aromatic nitrogens is 2. The monoisotopic (exact) mass is 356 g/mol. The first-order valence-corrected chi connectivity index (χ1v) is 9.11. The van der Waals surface area contributed by atoms with E-state index in [1.54, 1.807) is 12.4 Å². The number of hydrogen-bond donors (Lipinski definition) is 0. The smallest absolute Gasteiger partial charge is 0.257 e. The first-order chi connectivity index (χ1) is 12.6. The predicted octanol–water partition coefficient (Wildman–Crippen LogP) is 2.05. The number of anilines is 1. The Morgan fingerprint density at radius 3 is 2.73 bits per heavy atom. The van der Waals surface area contributed by atoms with Gasteiger partial charge in [0.05, 0.1) is 18.3 Å². The second-order valence-electron chi connectivity index (χ2n) is 7.03.